The third-order valence-electron chi connectivity index (χ3n) is 1.82. The number of morpholine rings is 1. The Bertz CT molecular complexity index is 239. The van der Waals surface area contributed by atoms with Crippen molar-refractivity contribution in [2.75, 3.05) is 39.5 Å². The SMILES string of the molecule is CCN1CCOCC1.CCOS(=O)(=O)O.N. The Hall–Kier alpha value is -0.250. The summed E-state index contributed by atoms with van der Waals surface area (Å²) >= 11 is 0. The maximum atomic E-state index is 9.56. The zero-order chi connectivity index (χ0) is 11.7. The van der Waals surface area contributed by atoms with Gasteiger partial charge >= 0.3 is 10.4 Å². The zero-order valence-corrected chi connectivity index (χ0v) is 10.7. The van der Waals surface area contributed by atoms with Crippen molar-refractivity contribution in [1.82, 2.24) is 11.1 Å². The molecular formula is C8H22N2O5S. The van der Waals surface area contributed by atoms with Gasteiger partial charge in [0, 0.05) is 13.1 Å². The molecule has 8 heteroatoms. The van der Waals surface area contributed by atoms with Crippen LogP contribution >= 0.6 is 0 Å². The van der Waals surface area contributed by atoms with E-state index in [0.29, 0.717) is 0 Å². The minimum atomic E-state index is -4.17. The first-order chi connectivity index (χ1) is 6.99. The van der Waals surface area contributed by atoms with Crippen molar-refractivity contribution < 1.29 is 21.9 Å². The van der Waals surface area contributed by atoms with Crippen molar-refractivity contribution in [3.63, 3.8) is 0 Å². The minimum absolute atomic E-state index is 0. The van der Waals surface area contributed by atoms with E-state index in [-0.39, 0.29) is 12.8 Å². The lowest BCUT2D eigenvalue weighted by Gasteiger charge is -2.24. The van der Waals surface area contributed by atoms with Gasteiger partial charge in [0.15, 0.2) is 0 Å². The number of rotatable bonds is 3. The second kappa shape index (κ2) is 9.94. The topological polar surface area (TPSA) is 111 Å². The highest BCUT2D eigenvalue weighted by molar-refractivity contribution is 7.80. The largest absolute Gasteiger partial charge is 0.397 e. The summed E-state index contributed by atoms with van der Waals surface area (Å²) in [6.07, 6.45) is 0. The van der Waals surface area contributed by atoms with Crippen LogP contribution in [0.2, 0.25) is 0 Å². The van der Waals surface area contributed by atoms with Crippen LogP contribution in [0.1, 0.15) is 13.8 Å². The fourth-order valence-corrected chi connectivity index (χ4v) is 1.36. The molecule has 0 atom stereocenters. The van der Waals surface area contributed by atoms with Crippen LogP contribution in [0.4, 0.5) is 0 Å². The van der Waals surface area contributed by atoms with E-state index in [0.717, 1.165) is 26.3 Å². The Labute approximate surface area is 97.3 Å². The molecule has 100 valence electrons. The van der Waals surface area contributed by atoms with Gasteiger partial charge in [-0.15, -0.1) is 0 Å². The molecule has 0 radical (unpaired) electrons. The molecule has 1 aliphatic heterocycles. The third kappa shape index (κ3) is 11.8. The van der Waals surface area contributed by atoms with E-state index in [9.17, 15) is 8.42 Å². The second-order valence-corrected chi connectivity index (χ2v) is 3.97. The van der Waals surface area contributed by atoms with Crippen LogP contribution in [-0.2, 0) is 19.3 Å². The predicted molar refractivity (Wildman–Crippen MR) is 61.1 cm³/mol. The van der Waals surface area contributed by atoms with Gasteiger partial charge in [0.25, 0.3) is 0 Å². The smallest absolute Gasteiger partial charge is 0.379 e. The summed E-state index contributed by atoms with van der Waals surface area (Å²) in [5, 5.41) is 0. The lowest BCUT2D eigenvalue weighted by Crippen LogP contribution is -2.35. The molecule has 0 saturated carbocycles. The first-order valence-corrected chi connectivity index (χ1v) is 6.28. The van der Waals surface area contributed by atoms with Crippen molar-refractivity contribution in [2.45, 2.75) is 13.8 Å². The molecule has 0 amide bonds. The summed E-state index contributed by atoms with van der Waals surface area (Å²) in [6, 6.07) is 0. The van der Waals surface area contributed by atoms with Crippen LogP contribution in [0.3, 0.4) is 0 Å². The van der Waals surface area contributed by atoms with Crippen molar-refractivity contribution in [1.29, 1.82) is 0 Å². The second-order valence-electron chi connectivity index (χ2n) is 2.88. The Kier molecular flexibility index (Phi) is 11.3. The summed E-state index contributed by atoms with van der Waals surface area (Å²) in [6.45, 7) is 8.88. The standard InChI is InChI=1S/C6H13NO.C2H6O4S.H3N/c1-2-7-3-5-8-6-4-7;1-2-6-7(3,4)5;/h2-6H2,1H3;2H2,1H3,(H,3,4,5);1H3. The van der Waals surface area contributed by atoms with Gasteiger partial charge in [-0.25, -0.2) is 4.18 Å². The molecule has 1 heterocycles. The van der Waals surface area contributed by atoms with Gasteiger partial charge in [-0.3, -0.25) is 9.45 Å². The lowest BCUT2D eigenvalue weighted by molar-refractivity contribution is 0.0405. The number of ether oxygens (including phenoxy) is 1. The van der Waals surface area contributed by atoms with Gasteiger partial charge in [0.1, 0.15) is 0 Å². The van der Waals surface area contributed by atoms with Crippen molar-refractivity contribution >= 4 is 10.4 Å². The average Bonchev–Trinajstić information content (AvgIpc) is 2.18. The Morgan fingerprint density at radius 2 is 1.81 bits per heavy atom. The number of hydrogen-bond acceptors (Lipinski definition) is 6. The molecule has 4 N–H and O–H groups in total. The predicted octanol–water partition coefficient (Wildman–Crippen LogP) is 0.326. The Morgan fingerprint density at radius 3 is 2.00 bits per heavy atom. The molecule has 1 saturated heterocycles. The number of likely N-dealkylation sites (N-methyl/N-ethyl adjacent to an activating group) is 1. The average molecular weight is 258 g/mol. The van der Waals surface area contributed by atoms with Crippen molar-refractivity contribution in [3.8, 4) is 0 Å². The normalized spacial score (nSPS) is 16.9. The highest BCUT2D eigenvalue weighted by atomic mass is 32.3. The fourth-order valence-electron chi connectivity index (χ4n) is 1.07. The summed E-state index contributed by atoms with van der Waals surface area (Å²) in [7, 11) is -4.17. The van der Waals surface area contributed by atoms with E-state index in [1.165, 1.54) is 13.5 Å². The van der Waals surface area contributed by atoms with Gasteiger partial charge in [-0.1, -0.05) is 6.92 Å². The first-order valence-electron chi connectivity index (χ1n) is 4.91. The zero-order valence-electron chi connectivity index (χ0n) is 9.89. The molecule has 0 aromatic rings. The molecule has 0 spiro atoms. The maximum absolute atomic E-state index is 9.56. The van der Waals surface area contributed by atoms with E-state index in [2.05, 4.69) is 16.0 Å². The molecule has 7 nitrogen and oxygen atoms in total. The molecule has 0 unspecified atom stereocenters. The van der Waals surface area contributed by atoms with Gasteiger partial charge in [-0.2, -0.15) is 8.42 Å². The van der Waals surface area contributed by atoms with Crippen LogP contribution < -0.4 is 6.15 Å². The summed E-state index contributed by atoms with van der Waals surface area (Å²) in [5.74, 6) is 0. The summed E-state index contributed by atoms with van der Waals surface area (Å²) in [4.78, 5) is 2.39. The van der Waals surface area contributed by atoms with Crippen molar-refractivity contribution in [3.05, 3.63) is 0 Å². The van der Waals surface area contributed by atoms with E-state index in [4.69, 9.17) is 9.29 Å². The van der Waals surface area contributed by atoms with Crippen LogP contribution in [0.15, 0.2) is 0 Å². The van der Waals surface area contributed by atoms with E-state index in [1.54, 1.807) is 0 Å². The number of nitrogens with zero attached hydrogens (tertiary/aromatic N) is 1. The molecule has 0 aromatic carbocycles. The molecule has 0 bridgehead atoms. The van der Waals surface area contributed by atoms with Gasteiger partial charge in [-0.05, 0) is 13.5 Å². The maximum Gasteiger partial charge on any atom is 0.397 e. The quantitative estimate of drug-likeness (QED) is 0.701. The Balaban J connectivity index is 0. The molecule has 0 aromatic heterocycles. The lowest BCUT2D eigenvalue weighted by atomic mass is 10.4. The summed E-state index contributed by atoms with van der Waals surface area (Å²) < 4.78 is 35.8. The van der Waals surface area contributed by atoms with Gasteiger partial charge in [0.2, 0.25) is 0 Å². The van der Waals surface area contributed by atoms with Crippen LogP contribution in [0, 0.1) is 0 Å². The monoisotopic (exact) mass is 258 g/mol. The minimum Gasteiger partial charge on any atom is -0.379 e. The van der Waals surface area contributed by atoms with E-state index in [1.807, 2.05) is 0 Å². The molecule has 1 aliphatic rings. The molecule has 1 fully saturated rings. The van der Waals surface area contributed by atoms with Crippen LogP contribution in [-0.4, -0.2) is 57.3 Å². The fraction of sp³-hybridized carbons (Fsp3) is 1.00. The van der Waals surface area contributed by atoms with Crippen LogP contribution in [0.5, 0.6) is 0 Å². The van der Waals surface area contributed by atoms with Crippen LogP contribution in [0.25, 0.3) is 0 Å². The highest BCUT2D eigenvalue weighted by Gasteiger charge is 2.05. The summed E-state index contributed by atoms with van der Waals surface area (Å²) in [5.41, 5.74) is 0. The molecular weight excluding hydrogens is 236 g/mol. The third-order valence-corrected chi connectivity index (χ3v) is 2.35. The Morgan fingerprint density at radius 1 is 1.31 bits per heavy atom. The van der Waals surface area contributed by atoms with Gasteiger partial charge in [0.05, 0.1) is 19.8 Å². The molecule has 1 rings (SSSR count). The molecule has 0 aliphatic carbocycles. The molecule has 16 heavy (non-hydrogen) atoms. The number of hydrogen-bond donors (Lipinski definition) is 2. The van der Waals surface area contributed by atoms with Crippen molar-refractivity contribution in [2.24, 2.45) is 0 Å². The van der Waals surface area contributed by atoms with E-state index < -0.39 is 10.4 Å². The van der Waals surface area contributed by atoms with E-state index >= 15 is 0 Å². The van der Waals surface area contributed by atoms with Gasteiger partial charge < -0.3 is 10.9 Å². The first kappa shape index (κ1) is 18.1. The highest BCUT2D eigenvalue weighted by Crippen LogP contribution is 1.93.